The first-order chi connectivity index (χ1) is 23.5. The molecule has 11 rings (SSSR count). The quantitative estimate of drug-likeness (QED) is 0.194. The summed E-state index contributed by atoms with van der Waals surface area (Å²) >= 11 is 0. The first-order valence-corrected chi connectivity index (χ1v) is 16.6. The number of hydrogen-bond acceptors (Lipinski definition) is 2. The van der Waals surface area contributed by atoms with Crippen LogP contribution < -0.4 is 0 Å². The fourth-order valence-electron chi connectivity index (χ4n) is 8.46. The van der Waals surface area contributed by atoms with E-state index in [1.807, 2.05) is 18.2 Å². The van der Waals surface area contributed by atoms with Crippen LogP contribution in [0, 0.1) is 0 Å². The average molecular weight is 616 g/mol. The van der Waals surface area contributed by atoms with E-state index < -0.39 is 0 Å². The summed E-state index contributed by atoms with van der Waals surface area (Å²) < 4.78 is 15.1. The van der Waals surface area contributed by atoms with Crippen LogP contribution in [0.4, 0.5) is 0 Å². The van der Waals surface area contributed by atoms with Crippen molar-refractivity contribution in [1.82, 2.24) is 4.57 Å². The van der Waals surface area contributed by atoms with Crippen LogP contribution in [-0.4, -0.2) is 4.57 Å². The normalized spacial score (nSPS) is 13.8. The molecule has 3 heteroatoms. The van der Waals surface area contributed by atoms with Crippen molar-refractivity contribution in [2.24, 2.45) is 0 Å². The number of furan rings is 2. The molecule has 48 heavy (non-hydrogen) atoms. The SMILES string of the molecule is CC1(C)c2cc(-n3c4ccccc4c4cc(-c5ccc6oc7ccccc7c6c5)ccc43)ccc2-c2c1ccc1c2oc2ccccc21. The van der Waals surface area contributed by atoms with E-state index in [4.69, 9.17) is 8.83 Å². The predicted molar refractivity (Wildman–Crippen MR) is 198 cm³/mol. The molecule has 0 atom stereocenters. The molecule has 3 nitrogen and oxygen atoms in total. The highest BCUT2D eigenvalue weighted by Gasteiger charge is 2.38. The number of rotatable bonds is 2. The lowest BCUT2D eigenvalue weighted by Gasteiger charge is -2.22. The predicted octanol–water partition coefficient (Wildman–Crippen LogP) is 12.6. The molecule has 1 aliphatic carbocycles. The van der Waals surface area contributed by atoms with Crippen LogP contribution in [0.25, 0.3) is 93.6 Å². The fourth-order valence-corrected chi connectivity index (χ4v) is 8.46. The van der Waals surface area contributed by atoms with E-state index >= 15 is 0 Å². The zero-order valence-electron chi connectivity index (χ0n) is 26.5. The largest absolute Gasteiger partial charge is 0.456 e. The molecule has 0 radical (unpaired) electrons. The third kappa shape index (κ3) is 3.33. The molecule has 3 heterocycles. The van der Waals surface area contributed by atoms with Crippen molar-refractivity contribution < 1.29 is 8.83 Å². The van der Waals surface area contributed by atoms with Crippen LogP contribution in [0.2, 0.25) is 0 Å². The van der Waals surface area contributed by atoms with Crippen molar-refractivity contribution in [3.05, 3.63) is 151 Å². The maximum Gasteiger partial charge on any atom is 0.143 e. The van der Waals surface area contributed by atoms with Crippen molar-refractivity contribution in [3.63, 3.8) is 0 Å². The molecule has 0 spiro atoms. The van der Waals surface area contributed by atoms with Gasteiger partial charge in [0.1, 0.15) is 22.3 Å². The van der Waals surface area contributed by atoms with E-state index in [9.17, 15) is 0 Å². The lowest BCUT2D eigenvalue weighted by molar-refractivity contribution is 0.653. The smallest absolute Gasteiger partial charge is 0.143 e. The third-order valence-electron chi connectivity index (χ3n) is 10.8. The molecule has 0 saturated heterocycles. The summed E-state index contributed by atoms with van der Waals surface area (Å²) in [6.07, 6.45) is 0. The highest BCUT2D eigenvalue weighted by molar-refractivity contribution is 6.13. The van der Waals surface area contributed by atoms with Gasteiger partial charge in [0.2, 0.25) is 0 Å². The lowest BCUT2D eigenvalue weighted by Crippen LogP contribution is -2.15. The molecular formula is C45H29NO2. The summed E-state index contributed by atoms with van der Waals surface area (Å²) in [6.45, 7) is 4.68. The van der Waals surface area contributed by atoms with E-state index in [1.165, 1.54) is 71.6 Å². The molecule has 3 aromatic heterocycles. The van der Waals surface area contributed by atoms with Crippen molar-refractivity contribution in [2.45, 2.75) is 19.3 Å². The Balaban J connectivity index is 1.10. The van der Waals surface area contributed by atoms with Crippen molar-refractivity contribution in [2.75, 3.05) is 0 Å². The van der Waals surface area contributed by atoms with Gasteiger partial charge in [0.05, 0.1) is 11.0 Å². The van der Waals surface area contributed by atoms with Crippen LogP contribution in [0.15, 0.2) is 148 Å². The van der Waals surface area contributed by atoms with Crippen LogP contribution in [0.5, 0.6) is 0 Å². The van der Waals surface area contributed by atoms with Crippen LogP contribution in [0.1, 0.15) is 25.0 Å². The number of benzene rings is 7. The van der Waals surface area contributed by atoms with E-state index in [-0.39, 0.29) is 5.41 Å². The summed E-state index contributed by atoms with van der Waals surface area (Å²) in [4.78, 5) is 0. The van der Waals surface area contributed by atoms with Crippen molar-refractivity contribution >= 4 is 65.7 Å². The van der Waals surface area contributed by atoms with Gasteiger partial charge in [0, 0.05) is 49.0 Å². The first kappa shape index (κ1) is 26.1. The van der Waals surface area contributed by atoms with Gasteiger partial charge in [-0.25, -0.2) is 0 Å². The third-order valence-corrected chi connectivity index (χ3v) is 10.8. The molecule has 1 aliphatic rings. The Bertz CT molecular complexity index is 2980. The minimum Gasteiger partial charge on any atom is -0.456 e. The van der Waals surface area contributed by atoms with Gasteiger partial charge in [-0.05, 0) is 82.4 Å². The van der Waals surface area contributed by atoms with Gasteiger partial charge in [0.25, 0.3) is 0 Å². The van der Waals surface area contributed by atoms with Gasteiger partial charge in [-0.15, -0.1) is 0 Å². The second-order valence-corrected chi connectivity index (χ2v) is 13.7. The molecule has 0 saturated carbocycles. The zero-order valence-corrected chi connectivity index (χ0v) is 26.5. The van der Waals surface area contributed by atoms with Gasteiger partial charge >= 0.3 is 0 Å². The zero-order chi connectivity index (χ0) is 31.7. The molecule has 7 aromatic carbocycles. The number of hydrogen-bond donors (Lipinski definition) is 0. The van der Waals surface area contributed by atoms with Crippen LogP contribution in [-0.2, 0) is 5.41 Å². The summed E-state index contributed by atoms with van der Waals surface area (Å²) in [5, 5.41) is 7.13. The van der Waals surface area contributed by atoms with Gasteiger partial charge in [-0.2, -0.15) is 0 Å². The minimum absolute atomic E-state index is 0.171. The van der Waals surface area contributed by atoms with E-state index in [0.717, 1.165) is 33.1 Å². The van der Waals surface area contributed by atoms with Crippen molar-refractivity contribution in [1.29, 1.82) is 0 Å². The summed E-state index contributed by atoms with van der Waals surface area (Å²) in [5.74, 6) is 0. The minimum atomic E-state index is -0.171. The Hall–Kier alpha value is -6.06. The molecule has 0 N–H and O–H groups in total. The lowest BCUT2D eigenvalue weighted by atomic mass is 9.82. The number of nitrogens with zero attached hydrogens (tertiary/aromatic N) is 1. The Morgan fingerprint density at radius 3 is 1.94 bits per heavy atom. The van der Waals surface area contributed by atoms with Crippen LogP contribution >= 0.6 is 0 Å². The molecule has 0 aliphatic heterocycles. The number of aromatic nitrogens is 1. The molecule has 0 bridgehead atoms. The Labute approximate surface area is 276 Å². The molecule has 0 fully saturated rings. The summed E-state index contributed by atoms with van der Waals surface area (Å²) in [7, 11) is 0. The van der Waals surface area contributed by atoms with E-state index in [2.05, 4.69) is 140 Å². The first-order valence-electron chi connectivity index (χ1n) is 16.6. The molecule has 10 aromatic rings. The highest BCUT2D eigenvalue weighted by Crippen LogP contribution is 2.53. The standard InChI is InChI=1S/C45H29NO2/c1-45(2)36-20-19-32-30-10-4-8-14-41(30)48-44(32)43(36)33-18-17-28(25-37(33)45)46-38-12-6-3-9-29(38)34-23-26(15-21-39(34)46)27-16-22-42-35(24-27)31-11-5-7-13-40(31)47-42/h3-25H,1-2H3. The van der Waals surface area contributed by atoms with Gasteiger partial charge in [0.15, 0.2) is 0 Å². The second kappa shape index (κ2) is 9.05. The number of fused-ring (bicyclic) bond motifs is 13. The summed E-state index contributed by atoms with van der Waals surface area (Å²) in [6, 6.07) is 50.4. The topological polar surface area (TPSA) is 31.2 Å². The average Bonchev–Trinajstić information content (AvgIpc) is 3.84. The Morgan fingerprint density at radius 1 is 0.458 bits per heavy atom. The maximum atomic E-state index is 6.54. The molecule has 0 amide bonds. The van der Waals surface area contributed by atoms with E-state index in [1.54, 1.807) is 0 Å². The molecule has 226 valence electrons. The molecule has 0 unspecified atom stereocenters. The number of para-hydroxylation sites is 3. The van der Waals surface area contributed by atoms with Gasteiger partial charge < -0.3 is 13.4 Å². The molecular weight excluding hydrogens is 587 g/mol. The fraction of sp³-hybridized carbons (Fsp3) is 0.0667. The second-order valence-electron chi connectivity index (χ2n) is 13.7. The highest BCUT2D eigenvalue weighted by atomic mass is 16.3. The monoisotopic (exact) mass is 615 g/mol. The van der Waals surface area contributed by atoms with Crippen LogP contribution in [0.3, 0.4) is 0 Å². The van der Waals surface area contributed by atoms with Gasteiger partial charge in [-0.1, -0.05) is 98.8 Å². The summed E-state index contributed by atoms with van der Waals surface area (Å²) in [5.41, 5.74) is 14.7. The Morgan fingerprint density at radius 2 is 1.10 bits per heavy atom. The maximum absolute atomic E-state index is 6.54. The van der Waals surface area contributed by atoms with E-state index in [0.29, 0.717) is 0 Å². The Kier molecular flexibility index (Phi) is 4.91. The van der Waals surface area contributed by atoms with Crippen molar-refractivity contribution in [3.8, 4) is 27.9 Å². The van der Waals surface area contributed by atoms with Gasteiger partial charge in [-0.3, -0.25) is 0 Å².